The molecule has 7 nitrogen and oxygen atoms in total. The highest BCUT2D eigenvalue weighted by Crippen LogP contribution is 2.37. The zero-order valence-electron chi connectivity index (χ0n) is 16.0. The minimum absolute atomic E-state index is 0.0676. The molecule has 1 fully saturated rings. The standard InChI is InChI=1S/C19H23NO6S2/c1-19(2,3)15(21)10-26-18-13(11-27(23)14-7-5-4-6-8-14)12-28(24,25)17-9-16(22)20(17)18/h4-8,17H,9-12H2,1-3H3/t17-,27?/m1/s1. The summed E-state index contributed by atoms with van der Waals surface area (Å²) in [6.07, 6.45) is -0.0997. The second-order valence-electron chi connectivity index (χ2n) is 7.90. The van der Waals surface area contributed by atoms with Gasteiger partial charge in [-0.1, -0.05) is 39.0 Å². The first kappa shape index (κ1) is 20.9. The average Bonchev–Trinajstić information content (AvgIpc) is 2.60. The van der Waals surface area contributed by atoms with Crippen LogP contribution in [-0.4, -0.2) is 53.0 Å². The molecule has 2 aliphatic heterocycles. The van der Waals surface area contributed by atoms with Gasteiger partial charge in [-0.05, 0) is 23.3 Å². The van der Waals surface area contributed by atoms with Crippen LogP contribution in [0, 0.1) is 5.41 Å². The number of sulfone groups is 1. The molecule has 2 aliphatic rings. The quantitative estimate of drug-likeness (QED) is 0.507. The first-order valence-corrected chi connectivity index (χ1v) is 11.9. The normalized spacial score (nSPS) is 22.4. The molecule has 3 rings (SSSR count). The number of ether oxygens (including phenoxy) is 1. The highest BCUT2D eigenvalue weighted by Gasteiger charge is 2.52. The predicted molar refractivity (Wildman–Crippen MR) is 104 cm³/mol. The lowest BCUT2D eigenvalue weighted by molar-refractivity contribution is -0.145. The minimum atomic E-state index is -3.59. The second kappa shape index (κ2) is 7.53. The number of Topliss-reactive ketones (excluding diaryl/α,β-unsaturated/α-hetero) is 1. The Bertz CT molecular complexity index is 917. The van der Waals surface area contributed by atoms with E-state index >= 15 is 0 Å². The molecule has 1 aromatic rings. The van der Waals surface area contributed by atoms with Crippen molar-refractivity contribution in [2.24, 2.45) is 5.41 Å². The van der Waals surface area contributed by atoms with Crippen molar-refractivity contribution >= 4 is 32.7 Å². The first-order chi connectivity index (χ1) is 13.0. The number of carbonyl (C=O) groups excluding carboxylic acids is 2. The number of rotatable bonds is 6. The maximum absolute atomic E-state index is 12.7. The van der Waals surface area contributed by atoms with Crippen LogP contribution in [0.3, 0.4) is 0 Å². The van der Waals surface area contributed by atoms with Gasteiger partial charge in [-0.2, -0.15) is 0 Å². The molecular formula is C19H23NO6S2. The van der Waals surface area contributed by atoms with Crippen LogP contribution in [0.1, 0.15) is 27.2 Å². The van der Waals surface area contributed by atoms with Gasteiger partial charge in [0.05, 0.1) is 17.7 Å². The van der Waals surface area contributed by atoms with Crippen LogP contribution >= 0.6 is 0 Å². The third-order valence-electron chi connectivity index (χ3n) is 4.71. The zero-order chi connectivity index (χ0) is 20.7. The molecule has 0 aliphatic carbocycles. The van der Waals surface area contributed by atoms with Crippen molar-refractivity contribution in [3.05, 3.63) is 41.8 Å². The Morgan fingerprint density at radius 2 is 1.93 bits per heavy atom. The number of fused-ring (bicyclic) bond motifs is 1. The summed E-state index contributed by atoms with van der Waals surface area (Å²) in [5.41, 5.74) is -0.375. The molecule has 0 spiro atoms. The van der Waals surface area contributed by atoms with Crippen LogP contribution in [0.5, 0.6) is 0 Å². The molecular weight excluding hydrogens is 402 g/mol. The maximum Gasteiger partial charge on any atom is 0.233 e. The fourth-order valence-corrected chi connectivity index (χ4v) is 6.06. The molecule has 152 valence electrons. The lowest BCUT2D eigenvalue weighted by Crippen LogP contribution is -2.60. The van der Waals surface area contributed by atoms with Crippen LogP contribution in [0.15, 0.2) is 46.7 Å². The van der Waals surface area contributed by atoms with E-state index in [9.17, 15) is 22.6 Å². The fourth-order valence-electron chi connectivity index (χ4n) is 2.93. The molecule has 1 aromatic carbocycles. The molecule has 9 heteroatoms. The minimum Gasteiger partial charge on any atom is -0.611 e. The topological polar surface area (TPSA) is 104 Å². The second-order valence-corrected chi connectivity index (χ2v) is 11.5. The third-order valence-corrected chi connectivity index (χ3v) is 8.07. The summed E-state index contributed by atoms with van der Waals surface area (Å²) in [4.78, 5) is 26.0. The van der Waals surface area contributed by atoms with Gasteiger partial charge in [-0.3, -0.25) is 14.5 Å². The van der Waals surface area contributed by atoms with E-state index in [0.717, 1.165) is 4.90 Å². The van der Waals surface area contributed by atoms with Crippen LogP contribution in [0.2, 0.25) is 0 Å². The molecule has 0 saturated carbocycles. The highest BCUT2D eigenvalue weighted by molar-refractivity contribution is 7.93. The zero-order valence-corrected chi connectivity index (χ0v) is 17.6. The van der Waals surface area contributed by atoms with Crippen molar-refractivity contribution in [1.82, 2.24) is 4.90 Å². The van der Waals surface area contributed by atoms with E-state index in [-0.39, 0.29) is 47.7 Å². The third kappa shape index (κ3) is 4.11. The number of ketones is 1. The number of hydrogen-bond donors (Lipinski definition) is 0. The monoisotopic (exact) mass is 425 g/mol. The van der Waals surface area contributed by atoms with E-state index in [1.54, 1.807) is 51.1 Å². The van der Waals surface area contributed by atoms with Gasteiger partial charge in [0.2, 0.25) is 11.8 Å². The van der Waals surface area contributed by atoms with Gasteiger partial charge in [0.1, 0.15) is 12.4 Å². The van der Waals surface area contributed by atoms with Crippen molar-refractivity contribution < 1.29 is 27.3 Å². The van der Waals surface area contributed by atoms with Crippen LogP contribution < -0.4 is 0 Å². The number of amides is 1. The Kier molecular flexibility index (Phi) is 5.62. The molecule has 1 amide bonds. The summed E-state index contributed by atoms with van der Waals surface area (Å²) in [6, 6.07) is 8.66. The van der Waals surface area contributed by atoms with Gasteiger partial charge >= 0.3 is 0 Å². The Hall–Kier alpha value is -1.84. The Morgan fingerprint density at radius 1 is 1.29 bits per heavy atom. The number of β-lactam (4-membered cyclic amide) rings is 1. The molecule has 0 radical (unpaired) electrons. The summed E-state index contributed by atoms with van der Waals surface area (Å²) in [5, 5.41) is -0.964. The molecule has 0 N–H and O–H groups in total. The first-order valence-electron chi connectivity index (χ1n) is 8.86. The fraction of sp³-hybridized carbons (Fsp3) is 0.474. The van der Waals surface area contributed by atoms with Gasteiger partial charge in [-0.15, -0.1) is 0 Å². The average molecular weight is 426 g/mol. The highest BCUT2D eigenvalue weighted by atomic mass is 32.2. The summed E-state index contributed by atoms with van der Waals surface area (Å²) >= 11 is -1.50. The van der Waals surface area contributed by atoms with Crippen molar-refractivity contribution in [2.75, 3.05) is 18.1 Å². The molecule has 2 heterocycles. The van der Waals surface area contributed by atoms with Gasteiger partial charge in [0.25, 0.3) is 0 Å². The van der Waals surface area contributed by atoms with E-state index < -0.39 is 31.8 Å². The van der Waals surface area contributed by atoms with Crippen LogP contribution in [0.4, 0.5) is 0 Å². The van der Waals surface area contributed by atoms with E-state index in [4.69, 9.17) is 4.74 Å². The molecule has 1 saturated heterocycles. The van der Waals surface area contributed by atoms with Crippen molar-refractivity contribution in [1.29, 1.82) is 0 Å². The summed E-state index contributed by atoms with van der Waals surface area (Å²) in [5.74, 6) is -0.911. The van der Waals surface area contributed by atoms with Gasteiger partial charge in [-0.25, -0.2) is 8.42 Å². The van der Waals surface area contributed by atoms with E-state index in [2.05, 4.69) is 0 Å². The predicted octanol–water partition coefficient (Wildman–Crippen LogP) is 1.62. The molecule has 0 bridgehead atoms. The number of benzene rings is 1. The van der Waals surface area contributed by atoms with Gasteiger partial charge < -0.3 is 9.29 Å². The summed E-state index contributed by atoms with van der Waals surface area (Å²) in [7, 11) is -3.59. The Morgan fingerprint density at radius 3 is 2.50 bits per heavy atom. The lowest BCUT2D eigenvalue weighted by atomic mass is 9.91. The number of hydrogen-bond acceptors (Lipinski definition) is 6. The Labute approximate surface area is 167 Å². The molecule has 28 heavy (non-hydrogen) atoms. The van der Waals surface area contributed by atoms with Crippen LogP contribution in [-0.2, 0) is 35.3 Å². The summed E-state index contributed by atoms with van der Waals surface area (Å²) < 4.78 is 43.4. The largest absolute Gasteiger partial charge is 0.611 e. The van der Waals surface area contributed by atoms with E-state index in [0.29, 0.717) is 4.90 Å². The molecule has 2 atom stereocenters. The summed E-state index contributed by atoms with van der Waals surface area (Å²) in [6.45, 7) is 4.97. The maximum atomic E-state index is 12.7. The van der Waals surface area contributed by atoms with Crippen LogP contribution in [0.25, 0.3) is 0 Å². The van der Waals surface area contributed by atoms with E-state index in [1.165, 1.54) is 0 Å². The van der Waals surface area contributed by atoms with Crippen molar-refractivity contribution in [3.8, 4) is 0 Å². The van der Waals surface area contributed by atoms with Crippen molar-refractivity contribution in [3.63, 3.8) is 0 Å². The number of nitrogens with zero attached hydrogens (tertiary/aromatic N) is 1. The van der Waals surface area contributed by atoms with E-state index in [1.807, 2.05) is 0 Å². The SMILES string of the molecule is CC(C)(C)C(=O)COC1=C(C[S+]([O-])c2ccccc2)CS(=O)(=O)[C@@H]2CC(=O)N12. The van der Waals surface area contributed by atoms with Gasteiger partial charge in [0.15, 0.2) is 25.9 Å². The lowest BCUT2D eigenvalue weighted by Gasteiger charge is -2.44. The Balaban J connectivity index is 1.91. The smallest absolute Gasteiger partial charge is 0.233 e. The van der Waals surface area contributed by atoms with Gasteiger partial charge in [0, 0.05) is 5.41 Å². The number of carbonyl (C=O) groups is 2. The molecule has 0 aromatic heterocycles. The van der Waals surface area contributed by atoms with Crippen molar-refractivity contribution in [2.45, 2.75) is 37.5 Å². The molecule has 1 unspecified atom stereocenters.